The minimum absolute atomic E-state index is 0.193. The fourth-order valence-electron chi connectivity index (χ4n) is 3.54. The van der Waals surface area contributed by atoms with Crippen LogP contribution in [0.5, 0.6) is 0 Å². The second-order valence-electron chi connectivity index (χ2n) is 7.69. The van der Waals surface area contributed by atoms with E-state index in [0.717, 1.165) is 33.3 Å². The van der Waals surface area contributed by atoms with Crippen molar-refractivity contribution >= 4 is 28.3 Å². The van der Waals surface area contributed by atoms with E-state index < -0.39 is 11.7 Å². The summed E-state index contributed by atoms with van der Waals surface area (Å²) in [7, 11) is 1.86. The van der Waals surface area contributed by atoms with E-state index in [4.69, 9.17) is 0 Å². The summed E-state index contributed by atoms with van der Waals surface area (Å²) in [4.78, 5) is 25.8. The minimum atomic E-state index is -4.41. The van der Waals surface area contributed by atoms with Crippen LogP contribution in [0.3, 0.4) is 0 Å². The van der Waals surface area contributed by atoms with E-state index >= 15 is 0 Å². The molecule has 0 saturated carbocycles. The average molecular weight is 482 g/mol. The number of nitrogens with one attached hydrogen (secondary N) is 2. The summed E-state index contributed by atoms with van der Waals surface area (Å²) in [6.45, 7) is 0.334. The molecule has 6 nitrogen and oxygen atoms in total. The molecule has 2 aromatic carbocycles. The maximum absolute atomic E-state index is 13.0. The number of aromatic nitrogens is 4. The fourth-order valence-corrected chi connectivity index (χ4v) is 4.49. The second-order valence-corrected chi connectivity index (χ2v) is 8.78. The van der Waals surface area contributed by atoms with Gasteiger partial charge in [-0.2, -0.15) is 13.2 Å². The van der Waals surface area contributed by atoms with Gasteiger partial charge < -0.3 is 14.9 Å². The summed E-state index contributed by atoms with van der Waals surface area (Å²) in [5, 5.41) is 2.85. The standard InChI is InChI=1S/C24H18F3N5OS/c1-32-11-10-28-21(32)13-29-23(33)15-4-2-14(3-5-15)19-8-9-20(34-19)22-30-17-7-6-16(24(25,26)27)12-18(17)31-22/h2-12H,13H2,1H3,(H,29,33)(H,30,31). The highest BCUT2D eigenvalue weighted by Crippen LogP contribution is 2.35. The lowest BCUT2D eigenvalue weighted by Crippen LogP contribution is -2.24. The molecule has 5 rings (SSSR count). The summed E-state index contributed by atoms with van der Waals surface area (Å²) >= 11 is 1.46. The molecule has 1 amide bonds. The van der Waals surface area contributed by atoms with Gasteiger partial charge in [0.25, 0.3) is 5.91 Å². The monoisotopic (exact) mass is 481 g/mol. The van der Waals surface area contributed by atoms with E-state index in [2.05, 4.69) is 20.3 Å². The first-order valence-electron chi connectivity index (χ1n) is 10.3. The normalized spacial score (nSPS) is 11.8. The molecule has 0 radical (unpaired) electrons. The van der Waals surface area contributed by atoms with Gasteiger partial charge in [-0.25, -0.2) is 9.97 Å². The molecule has 0 saturated heterocycles. The number of carbonyl (C=O) groups is 1. The number of H-pyrrole nitrogens is 1. The van der Waals surface area contributed by atoms with E-state index in [1.807, 2.05) is 42.1 Å². The smallest absolute Gasteiger partial charge is 0.345 e. The number of thiophene rings is 1. The van der Waals surface area contributed by atoms with Crippen molar-refractivity contribution in [1.82, 2.24) is 24.8 Å². The number of amides is 1. The van der Waals surface area contributed by atoms with Gasteiger partial charge in [-0.1, -0.05) is 12.1 Å². The Bertz CT molecular complexity index is 1480. The molecule has 0 aliphatic heterocycles. The minimum Gasteiger partial charge on any atom is -0.345 e. The molecular formula is C24H18F3N5OS. The third kappa shape index (κ3) is 4.32. The Kier molecular flexibility index (Phi) is 5.45. The van der Waals surface area contributed by atoms with Crippen LogP contribution in [0.4, 0.5) is 13.2 Å². The van der Waals surface area contributed by atoms with Crippen LogP contribution in [0, 0.1) is 0 Å². The Morgan fingerprint density at radius 3 is 2.56 bits per heavy atom. The molecule has 5 aromatic rings. The van der Waals surface area contributed by atoms with Crippen LogP contribution in [-0.2, 0) is 19.8 Å². The Morgan fingerprint density at radius 2 is 1.85 bits per heavy atom. The van der Waals surface area contributed by atoms with Gasteiger partial charge in [0.1, 0.15) is 11.6 Å². The molecular weight excluding hydrogens is 463 g/mol. The number of aryl methyl sites for hydroxylation is 1. The van der Waals surface area contributed by atoms with Crippen LogP contribution in [0.25, 0.3) is 32.2 Å². The van der Waals surface area contributed by atoms with Crippen molar-refractivity contribution in [2.24, 2.45) is 7.05 Å². The molecule has 2 N–H and O–H groups in total. The first-order chi connectivity index (χ1) is 16.3. The molecule has 0 fully saturated rings. The molecule has 172 valence electrons. The van der Waals surface area contributed by atoms with Crippen molar-refractivity contribution in [3.8, 4) is 21.1 Å². The van der Waals surface area contributed by atoms with Gasteiger partial charge in [-0.3, -0.25) is 4.79 Å². The largest absolute Gasteiger partial charge is 0.416 e. The lowest BCUT2D eigenvalue weighted by atomic mass is 10.1. The van der Waals surface area contributed by atoms with Crippen molar-refractivity contribution in [3.63, 3.8) is 0 Å². The van der Waals surface area contributed by atoms with E-state index in [-0.39, 0.29) is 5.91 Å². The number of alkyl halides is 3. The van der Waals surface area contributed by atoms with Crippen LogP contribution >= 0.6 is 11.3 Å². The highest BCUT2D eigenvalue weighted by Gasteiger charge is 2.30. The summed E-state index contributed by atoms with van der Waals surface area (Å²) in [5.74, 6) is 1.08. The van der Waals surface area contributed by atoms with Crippen molar-refractivity contribution < 1.29 is 18.0 Å². The summed E-state index contributed by atoms with van der Waals surface area (Å²) in [6, 6.07) is 14.5. The van der Waals surface area contributed by atoms with Gasteiger partial charge in [-0.15, -0.1) is 11.3 Å². The number of rotatable bonds is 5. The Balaban J connectivity index is 1.31. The third-order valence-electron chi connectivity index (χ3n) is 5.41. The van der Waals surface area contributed by atoms with Crippen LogP contribution < -0.4 is 5.32 Å². The molecule has 0 unspecified atom stereocenters. The topological polar surface area (TPSA) is 75.6 Å². The van der Waals surface area contributed by atoms with E-state index in [9.17, 15) is 18.0 Å². The number of hydrogen-bond donors (Lipinski definition) is 2. The molecule has 3 aromatic heterocycles. The first-order valence-corrected chi connectivity index (χ1v) is 11.1. The lowest BCUT2D eigenvalue weighted by Gasteiger charge is -2.06. The molecule has 0 aliphatic carbocycles. The van der Waals surface area contributed by atoms with Crippen molar-refractivity contribution in [2.45, 2.75) is 12.7 Å². The number of nitrogens with zero attached hydrogens (tertiary/aromatic N) is 3. The third-order valence-corrected chi connectivity index (χ3v) is 6.55. The summed E-state index contributed by atoms with van der Waals surface area (Å²) in [5.41, 5.74) is 1.55. The zero-order valence-corrected chi connectivity index (χ0v) is 18.7. The van der Waals surface area contributed by atoms with Crippen molar-refractivity contribution in [1.29, 1.82) is 0 Å². The summed E-state index contributed by atoms with van der Waals surface area (Å²) in [6.07, 6.45) is -0.912. The van der Waals surface area contributed by atoms with Crippen LogP contribution in [-0.4, -0.2) is 25.4 Å². The maximum Gasteiger partial charge on any atom is 0.416 e. The Hall–Kier alpha value is -3.92. The van der Waals surface area contributed by atoms with E-state index in [0.29, 0.717) is 29.0 Å². The second kappa shape index (κ2) is 8.45. The van der Waals surface area contributed by atoms with Gasteiger partial charge in [0.2, 0.25) is 0 Å². The zero-order chi connectivity index (χ0) is 23.9. The zero-order valence-electron chi connectivity index (χ0n) is 17.8. The molecule has 0 bridgehead atoms. The van der Waals surface area contributed by atoms with Crippen molar-refractivity contribution in [2.75, 3.05) is 0 Å². The number of fused-ring (bicyclic) bond motifs is 1. The SMILES string of the molecule is Cn1ccnc1CNC(=O)c1ccc(-c2ccc(-c3nc4ccc(C(F)(F)F)cc4[nH]3)s2)cc1. The van der Waals surface area contributed by atoms with Crippen LogP contribution in [0.15, 0.2) is 67.0 Å². The Morgan fingerprint density at radius 1 is 1.09 bits per heavy atom. The number of halogens is 3. The highest BCUT2D eigenvalue weighted by atomic mass is 32.1. The van der Waals surface area contributed by atoms with Gasteiger partial charge in [-0.05, 0) is 48.0 Å². The van der Waals surface area contributed by atoms with Gasteiger partial charge in [0.15, 0.2) is 0 Å². The first kappa shape index (κ1) is 21.9. The number of benzene rings is 2. The van der Waals surface area contributed by atoms with Gasteiger partial charge in [0, 0.05) is 29.9 Å². The fraction of sp³-hybridized carbons (Fsp3) is 0.125. The highest BCUT2D eigenvalue weighted by molar-refractivity contribution is 7.18. The van der Waals surface area contributed by atoms with Crippen molar-refractivity contribution in [3.05, 3.63) is 83.9 Å². The predicted octanol–water partition coefficient (Wildman–Crippen LogP) is 5.64. The Labute approximate surface area is 196 Å². The van der Waals surface area contributed by atoms with Gasteiger partial charge >= 0.3 is 6.18 Å². The predicted molar refractivity (Wildman–Crippen MR) is 124 cm³/mol. The number of imidazole rings is 2. The molecule has 0 atom stereocenters. The molecule has 10 heteroatoms. The number of aromatic amines is 1. The lowest BCUT2D eigenvalue weighted by molar-refractivity contribution is -0.137. The number of hydrogen-bond acceptors (Lipinski definition) is 4. The number of carbonyl (C=O) groups excluding carboxylic acids is 1. The molecule has 3 heterocycles. The van der Waals surface area contributed by atoms with Crippen LogP contribution in [0.1, 0.15) is 21.7 Å². The molecule has 0 spiro atoms. The van der Waals surface area contributed by atoms with Crippen LogP contribution in [0.2, 0.25) is 0 Å². The average Bonchev–Trinajstić information content (AvgIpc) is 3.55. The quantitative estimate of drug-likeness (QED) is 0.341. The molecule has 34 heavy (non-hydrogen) atoms. The van der Waals surface area contributed by atoms with E-state index in [1.165, 1.54) is 17.4 Å². The summed E-state index contributed by atoms with van der Waals surface area (Å²) < 4.78 is 40.8. The molecule has 0 aliphatic rings. The van der Waals surface area contributed by atoms with E-state index in [1.54, 1.807) is 18.3 Å². The van der Waals surface area contributed by atoms with Gasteiger partial charge in [0.05, 0.1) is 28.0 Å². The maximum atomic E-state index is 13.0.